The van der Waals surface area contributed by atoms with E-state index in [0.29, 0.717) is 100 Å². The number of para-hydroxylation sites is 4. The van der Waals surface area contributed by atoms with Gasteiger partial charge in [-0.1, -0.05) is 184 Å². The number of hydrogen-bond donors (Lipinski definition) is 4. The molecule has 0 aliphatic carbocycles. The van der Waals surface area contributed by atoms with Crippen molar-refractivity contribution < 1.29 is 37.9 Å². The zero-order valence-corrected chi connectivity index (χ0v) is 63.9. The number of hydrogen-bond acceptors (Lipinski definition) is 12. The van der Waals surface area contributed by atoms with Crippen molar-refractivity contribution in [3.63, 3.8) is 0 Å². The van der Waals surface area contributed by atoms with Crippen LogP contribution in [0.5, 0.6) is 0 Å². The molecule has 2 radical (unpaired) electrons. The Hall–Kier alpha value is -1.75. The van der Waals surface area contributed by atoms with Crippen LogP contribution in [0.4, 0.5) is 45.5 Å². The van der Waals surface area contributed by atoms with Crippen molar-refractivity contribution >= 4 is 148 Å². The van der Waals surface area contributed by atoms with E-state index >= 15 is 0 Å². The molecule has 5 aromatic rings. The van der Waals surface area contributed by atoms with E-state index in [0.717, 1.165) is 22.7 Å². The van der Waals surface area contributed by atoms with Gasteiger partial charge in [-0.3, -0.25) is 0 Å². The summed E-state index contributed by atoms with van der Waals surface area (Å²) in [6, 6.07) is 31.9. The SMILES string of the molecule is CC(C)c1cccc(C(C)C)c1Nc1cc(Nc2c(C(C)C)cccc2C(C)C)c(Nc2c(C(C)C)cccc2C(C)C)cc1Nc1c(C(C)C)cccc1C(C)C.COCCOC.COCCOC.COCCOC.COCCOC.[K].[K]. The van der Waals surface area contributed by atoms with Crippen molar-refractivity contribution in [3.05, 3.63) is 129 Å². The standard InChI is InChI=1S/C54H74N4.4C4H10O2.2K/c1-31(2)39-21-17-22-40(32(3)4)51(39)55-47-29-49(57-53-43(35(9)10)25-19-26-44(53)36(11)12)50(58-54-45(37(13)14)27-20-28-46(54)38(15)16)30-48(47)56-52-41(33(5)6)23-18-24-42(52)34(7)8;4*1-5-3-4-6-2;;/h17-38,55-58H,1-16H3;4*3-4H2,1-2H3;;. The molecule has 84 heavy (non-hydrogen) atoms. The molecule has 464 valence electrons. The number of methoxy groups -OCH3 is 8. The van der Waals surface area contributed by atoms with Crippen LogP contribution in [-0.2, 0) is 37.9 Å². The molecule has 0 heterocycles. The summed E-state index contributed by atoms with van der Waals surface area (Å²) in [5, 5.41) is 16.4. The fourth-order valence-electron chi connectivity index (χ4n) is 9.00. The Balaban J connectivity index is 0. The Morgan fingerprint density at radius 3 is 0.452 bits per heavy atom. The van der Waals surface area contributed by atoms with E-state index in [4.69, 9.17) is 0 Å². The molecule has 12 nitrogen and oxygen atoms in total. The first-order chi connectivity index (χ1) is 39.1. The topological polar surface area (TPSA) is 122 Å². The van der Waals surface area contributed by atoms with Gasteiger partial charge in [-0.05, 0) is 104 Å². The van der Waals surface area contributed by atoms with E-state index in [1.54, 1.807) is 56.9 Å². The van der Waals surface area contributed by atoms with Gasteiger partial charge in [0, 0.05) is 182 Å². The van der Waals surface area contributed by atoms with Crippen molar-refractivity contribution in [1.82, 2.24) is 0 Å². The normalized spacial score (nSPS) is 10.9. The van der Waals surface area contributed by atoms with Crippen molar-refractivity contribution in [3.8, 4) is 0 Å². The molecular weight excluding hydrogens is 1100 g/mol. The minimum absolute atomic E-state index is 0. The molecule has 0 bridgehead atoms. The third kappa shape index (κ3) is 29.7. The molecular formula is C70H114K2N4O8. The summed E-state index contributed by atoms with van der Waals surface area (Å²) in [5.74, 6) is 2.77. The number of nitrogens with one attached hydrogen (secondary N) is 4. The van der Waals surface area contributed by atoms with E-state index < -0.39 is 0 Å². The van der Waals surface area contributed by atoms with Crippen LogP contribution < -0.4 is 21.3 Å². The van der Waals surface area contributed by atoms with Crippen LogP contribution in [0.25, 0.3) is 0 Å². The van der Waals surface area contributed by atoms with E-state index in [9.17, 15) is 0 Å². The molecule has 0 spiro atoms. The van der Waals surface area contributed by atoms with Crippen LogP contribution in [0.1, 0.15) is 203 Å². The van der Waals surface area contributed by atoms with Gasteiger partial charge in [-0.2, -0.15) is 0 Å². The van der Waals surface area contributed by atoms with Crippen molar-refractivity contribution in [1.29, 1.82) is 0 Å². The quantitative estimate of drug-likeness (QED) is 0.0282. The maximum atomic E-state index is 4.66. The predicted molar refractivity (Wildman–Crippen MR) is 365 cm³/mol. The monoisotopic (exact) mass is 1220 g/mol. The second kappa shape index (κ2) is 48.1. The van der Waals surface area contributed by atoms with Crippen LogP contribution in [0, 0.1) is 0 Å². The summed E-state index contributed by atoms with van der Waals surface area (Å²) in [5.41, 5.74) is 19.5. The maximum Gasteiger partial charge on any atom is 0.0696 e. The van der Waals surface area contributed by atoms with Gasteiger partial charge in [0.25, 0.3) is 0 Å². The average molecular weight is 1220 g/mol. The minimum Gasteiger partial charge on any atom is -0.382 e. The molecule has 0 aromatic heterocycles. The fraction of sp³-hybridized carbons (Fsp3) is 0.571. The van der Waals surface area contributed by atoms with Gasteiger partial charge in [0.2, 0.25) is 0 Å². The van der Waals surface area contributed by atoms with Gasteiger partial charge in [0.05, 0.1) is 75.6 Å². The maximum absolute atomic E-state index is 4.66. The van der Waals surface area contributed by atoms with Crippen LogP contribution in [0.2, 0.25) is 0 Å². The van der Waals surface area contributed by atoms with E-state index in [1.807, 2.05) is 0 Å². The summed E-state index contributed by atoms with van der Waals surface area (Å²) in [4.78, 5) is 0. The van der Waals surface area contributed by atoms with Crippen LogP contribution >= 0.6 is 0 Å². The summed E-state index contributed by atoms with van der Waals surface area (Å²) in [7, 11) is 13.2. The van der Waals surface area contributed by atoms with Gasteiger partial charge in [-0.25, -0.2) is 0 Å². The average Bonchev–Trinajstić information content (AvgIpc) is 3.53. The summed E-state index contributed by atoms with van der Waals surface area (Å²) >= 11 is 0. The summed E-state index contributed by atoms with van der Waals surface area (Å²) in [6.07, 6.45) is 0. The minimum atomic E-state index is 0. The second-order valence-electron chi connectivity index (χ2n) is 22.9. The third-order valence-electron chi connectivity index (χ3n) is 13.7. The molecule has 5 rings (SSSR count). The molecule has 0 saturated heterocycles. The summed E-state index contributed by atoms with van der Waals surface area (Å²) < 4.78 is 37.3. The molecule has 0 saturated carbocycles. The smallest absolute Gasteiger partial charge is 0.0696 e. The van der Waals surface area contributed by atoms with Crippen molar-refractivity contribution in [2.45, 2.75) is 158 Å². The number of benzene rings is 5. The Bertz CT molecular complexity index is 2040. The molecule has 0 amide bonds. The van der Waals surface area contributed by atoms with Crippen LogP contribution in [-0.4, -0.2) is 213 Å². The molecule has 0 aliphatic heterocycles. The van der Waals surface area contributed by atoms with E-state index in [1.165, 1.54) is 67.3 Å². The van der Waals surface area contributed by atoms with Crippen molar-refractivity contribution in [2.75, 3.05) is 131 Å². The Labute approximate surface area is 597 Å². The molecule has 0 unspecified atom stereocenters. The Morgan fingerprint density at radius 2 is 0.357 bits per heavy atom. The molecule has 0 atom stereocenters. The summed E-state index contributed by atoms with van der Waals surface area (Å²) in [6.45, 7) is 42.3. The number of ether oxygens (including phenoxy) is 8. The predicted octanol–water partition coefficient (Wildman–Crippen LogP) is 18.0. The van der Waals surface area contributed by atoms with Crippen LogP contribution in [0.3, 0.4) is 0 Å². The molecule has 0 fully saturated rings. The zero-order valence-electron chi connectivity index (χ0n) is 57.6. The zero-order chi connectivity index (χ0) is 61.9. The van der Waals surface area contributed by atoms with Crippen LogP contribution in [0.15, 0.2) is 84.9 Å². The largest absolute Gasteiger partial charge is 0.382 e. The first-order valence-electron chi connectivity index (χ1n) is 29.8. The third-order valence-corrected chi connectivity index (χ3v) is 13.7. The Kier molecular flexibility index (Phi) is 48.3. The van der Waals surface area contributed by atoms with Gasteiger partial charge < -0.3 is 59.2 Å². The number of rotatable bonds is 28. The second-order valence-corrected chi connectivity index (χ2v) is 22.9. The van der Waals surface area contributed by atoms with Crippen molar-refractivity contribution in [2.24, 2.45) is 0 Å². The van der Waals surface area contributed by atoms with Gasteiger partial charge in [0.15, 0.2) is 0 Å². The van der Waals surface area contributed by atoms with E-state index in [2.05, 4.69) is 255 Å². The van der Waals surface area contributed by atoms with Gasteiger partial charge >= 0.3 is 0 Å². The molecule has 5 aromatic carbocycles. The molecule has 4 N–H and O–H groups in total. The molecule has 14 heteroatoms. The van der Waals surface area contributed by atoms with E-state index in [-0.39, 0.29) is 103 Å². The first kappa shape index (κ1) is 84.3. The first-order valence-corrected chi connectivity index (χ1v) is 29.8. The van der Waals surface area contributed by atoms with Gasteiger partial charge in [0.1, 0.15) is 0 Å². The number of anilines is 8. The van der Waals surface area contributed by atoms with Gasteiger partial charge in [-0.15, -0.1) is 0 Å². The Morgan fingerprint density at radius 1 is 0.238 bits per heavy atom. The fourth-order valence-corrected chi connectivity index (χ4v) is 9.00. The molecule has 0 aliphatic rings.